The van der Waals surface area contributed by atoms with E-state index in [0.717, 1.165) is 6.20 Å². The smallest absolute Gasteiger partial charge is 0.264 e. The summed E-state index contributed by atoms with van der Waals surface area (Å²) >= 11 is 3.07. The van der Waals surface area contributed by atoms with Crippen LogP contribution in [-0.4, -0.2) is 10.3 Å². The Morgan fingerprint density at radius 1 is 1.50 bits per heavy atom. The van der Waals surface area contributed by atoms with Gasteiger partial charge in [-0.3, -0.25) is 4.98 Å². The molecular weight excluding hydrogens is 259 g/mol. The number of hydrogen-bond acceptors (Lipinski definition) is 1. The molecule has 1 aromatic heterocycles. The van der Waals surface area contributed by atoms with Crippen molar-refractivity contribution in [3.05, 3.63) is 36.2 Å². The molecule has 0 aliphatic heterocycles. The highest BCUT2D eigenvalue weighted by molar-refractivity contribution is 9.09. The van der Waals surface area contributed by atoms with E-state index in [9.17, 15) is 13.2 Å². The first-order valence-electron chi connectivity index (χ1n) is 3.72. The van der Waals surface area contributed by atoms with Crippen molar-refractivity contribution in [2.45, 2.75) is 6.18 Å². The molecule has 1 aromatic rings. The molecule has 0 spiro atoms. The molecule has 0 saturated heterocycles. The van der Waals surface area contributed by atoms with Crippen molar-refractivity contribution in [3.8, 4) is 0 Å². The van der Waals surface area contributed by atoms with Crippen molar-refractivity contribution >= 4 is 21.5 Å². The highest BCUT2D eigenvalue weighted by Gasteiger charge is 2.33. The lowest BCUT2D eigenvalue weighted by molar-refractivity contribution is -0.138. The van der Waals surface area contributed by atoms with Crippen LogP contribution in [0.4, 0.5) is 13.2 Å². The molecule has 0 N–H and O–H groups in total. The number of alkyl halides is 4. The van der Waals surface area contributed by atoms with Crippen LogP contribution in [0.3, 0.4) is 0 Å². The number of halogens is 4. The molecule has 0 radical (unpaired) electrons. The molecule has 0 amide bonds. The number of allylic oxidation sites excluding steroid dienone is 1. The van der Waals surface area contributed by atoms with Gasteiger partial charge in [-0.1, -0.05) is 22.5 Å². The largest absolute Gasteiger partial charge is 0.418 e. The lowest BCUT2D eigenvalue weighted by atomic mass is 10.0. The van der Waals surface area contributed by atoms with Crippen LogP contribution in [0.15, 0.2) is 25.0 Å². The summed E-state index contributed by atoms with van der Waals surface area (Å²) in [6.45, 7) is 3.54. The second-order valence-electron chi connectivity index (χ2n) is 2.66. The van der Waals surface area contributed by atoms with Crippen molar-refractivity contribution in [2.24, 2.45) is 0 Å². The molecule has 5 heteroatoms. The molecule has 0 fully saturated rings. The van der Waals surface area contributed by atoms with Crippen LogP contribution in [0.1, 0.15) is 11.1 Å². The lowest BCUT2D eigenvalue weighted by Gasteiger charge is -2.12. The molecule has 0 aliphatic rings. The molecular formula is C9H7BrF3N. The number of rotatable bonds is 2. The monoisotopic (exact) mass is 265 g/mol. The molecule has 0 unspecified atom stereocenters. The third kappa shape index (κ3) is 2.35. The van der Waals surface area contributed by atoms with Crippen molar-refractivity contribution in [1.29, 1.82) is 0 Å². The zero-order valence-electron chi connectivity index (χ0n) is 7.11. The Kier molecular flexibility index (Phi) is 3.31. The summed E-state index contributed by atoms with van der Waals surface area (Å²) in [7, 11) is 0. The van der Waals surface area contributed by atoms with Crippen LogP contribution in [0, 0.1) is 0 Å². The van der Waals surface area contributed by atoms with Gasteiger partial charge in [0, 0.05) is 17.7 Å². The average Bonchev–Trinajstić information content (AvgIpc) is 2.15. The minimum atomic E-state index is -4.38. The molecule has 0 aliphatic carbocycles. The van der Waals surface area contributed by atoms with Crippen LogP contribution in [0.2, 0.25) is 0 Å². The van der Waals surface area contributed by atoms with Gasteiger partial charge in [-0.2, -0.15) is 13.2 Å². The van der Waals surface area contributed by atoms with Crippen LogP contribution >= 0.6 is 15.9 Å². The van der Waals surface area contributed by atoms with E-state index in [-0.39, 0.29) is 5.56 Å². The second kappa shape index (κ2) is 4.13. The Labute approximate surface area is 87.8 Å². The van der Waals surface area contributed by atoms with Gasteiger partial charge < -0.3 is 0 Å². The van der Waals surface area contributed by atoms with Crippen LogP contribution in [0.25, 0.3) is 5.57 Å². The molecule has 0 aromatic carbocycles. The molecule has 0 bridgehead atoms. The average molecular weight is 266 g/mol. The van der Waals surface area contributed by atoms with Crippen molar-refractivity contribution in [2.75, 3.05) is 5.33 Å². The topological polar surface area (TPSA) is 12.9 Å². The maximum Gasteiger partial charge on any atom is 0.418 e. The molecule has 0 saturated carbocycles. The van der Waals surface area contributed by atoms with E-state index in [1.165, 1.54) is 12.3 Å². The van der Waals surface area contributed by atoms with Crippen LogP contribution in [-0.2, 0) is 6.18 Å². The summed E-state index contributed by atoms with van der Waals surface area (Å²) in [6, 6.07) is 1.31. The Bertz CT molecular complexity index is 346. The minimum Gasteiger partial charge on any atom is -0.264 e. The van der Waals surface area contributed by atoms with E-state index in [2.05, 4.69) is 27.5 Å². The van der Waals surface area contributed by atoms with Gasteiger partial charge >= 0.3 is 6.18 Å². The minimum absolute atomic E-state index is 0.0874. The fraction of sp³-hybridized carbons (Fsp3) is 0.222. The summed E-state index contributed by atoms with van der Waals surface area (Å²) in [5, 5.41) is 0.306. The van der Waals surface area contributed by atoms with E-state index in [0.29, 0.717) is 10.9 Å². The summed E-state index contributed by atoms with van der Waals surface area (Å²) in [5.41, 5.74) is -0.270. The highest BCUT2D eigenvalue weighted by Crippen LogP contribution is 2.34. The summed E-state index contributed by atoms with van der Waals surface area (Å²) in [4.78, 5) is 3.45. The first-order valence-corrected chi connectivity index (χ1v) is 4.84. The molecule has 14 heavy (non-hydrogen) atoms. The van der Waals surface area contributed by atoms with Crippen molar-refractivity contribution < 1.29 is 13.2 Å². The number of hydrogen-bond donors (Lipinski definition) is 0. The van der Waals surface area contributed by atoms with E-state index >= 15 is 0 Å². The first-order chi connectivity index (χ1) is 6.46. The van der Waals surface area contributed by atoms with Gasteiger partial charge in [0.05, 0.1) is 5.56 Å². The Hall–Kier alpha value is -0.840. The quantitative estimate of drug-likeness (QED) is 0.746. The molecule has 76 valence electrons. The van der Waals surface area contributed by atoms with E-state index in [4.69, 9.17) is 0 Å². The fourth-order valence-corrected chi connectivity index (χ4v) is 1.30. The predicted octanol–water partition coefficient (Wildman–Crippen LogP) is 3.51. The maximum absolute atomic E-state index is 12.4. The summed E-state index contributed by atoms with van der Waals surface area (Å²) < 4.78 is 37.3. The van der Waals surface area contributed by atoms with Gasteiger partial charge in [0.1, 0.15) is 0 Å². The normalized spacial score (nSPS) is 11.4. The van der Waals surface area contributed by atoms with Gasteiger partial charge in [-0.05, 0) is 17.2 Å². The highest BCUT2D eigenvalue weighted by atomic mass is 79.9. The molecule has 1 heterocycles. The van der Waals surface area contributed by atoms with Crippen molar-refractivity contribution in [1.82, 2.24) is 4.98 Å². The number of nitrogens with zero attached hydrogens (tertiary/aromatic N) is 1. The first kappa shape index (κ1) is 11.2. The third-order valence-corrected chi connectivity index (χ3v) is 2.35. The standard InChI is InChI=1S/C9H7BrF3N/c1-6(4-10)7-2-3-14-5-8(7)9(11,12)13/h2-3,5H,1,4H2. The van der Waals surface area contributed by atoms with Crippen LogP contribution in [0.5, 0.6) is 0 Å². The maximum atomic E-state index is 12.4. The van der Waals surface area contributed by atoms with Gasteiger partial charge in [0.15, 0.2) is 0 Å². The predicted molar refractivity (Wildman–Crippen MR) is 52.1 cm³/mol. The second-order valence-corrected chi connectivity index (χ2v) is 3.22. The van der Waals surface area contributed by atoms with Gasteiger partial charge in [0.2, 0.25) is 0 Å². The lowest BCUT2D eigenvalue weighted by Crippen LogP contribution is -2.09. The zero-order valence-corrected chi connectivity index (χ0v) is 8.69. The van der Waals surface area contributed by atoms with Crippen LogP contribution < -0.4 is 0 Å². The van der Waals surface area contributed by atoms with Gasteiger partial charge in [-0.15, -0.1) is 0 Å². The fourth-order valence-electron chi connectivity index (χ4n) is 1.00. The summed E-state index contributed by atoms with van der Waals surface area (Å²) in [6.07, 6.45) is -2.25. The van der Waals surface area contributed by atoms with E-state index in [1.807, 2.05) is 0 Å². The zero-order chi connectivity index (χ0) is 10.8. The number of aromatic nitrogens is 1. The van der Waals surface area contributed by atoms with Gasteiger partial charge in [0.25, 0.3) is 0 Å². The summed E-state index contributed by atoms with van der Waals surface area (Å²) in [5.74, 6) is 0. The molecule has 1 rings (SSSR count). The third-order valence-electron chi connectivity index (χ3n) is 1.67. The Morgan fingerprint density at radius 2 is 2.14 bits per heavy atom. The Balaban J connectivity index is 3.23. The molecule has 1 nitrogen and oxygen atoms in total. The molecule has 0 atom stereocenters. The van der Waals surface area contributed by atoms with E-state index in [1.54, 1.807) is 0 Å². The SMILES string of the molecule is C=C(CBr)c1ccncc1C(F)(F)F. The van der Waals surface area contributed by atoms with Crippen molar-refractivity contribution in [3.63, 3.8) is 0 Å². The Morgan fingerprint density at radius 3 is 2.64 bits per heavy atom. The van der Waals surface area contributed by atoms with E-state index < -0.39 is 11.7 Å². The number of pyridine rings is 1. The van der Waals surface area contributed by atoms with Gasteiger partial charge in [-0.25, -0.2) is 0 Å².